The molecule has 6 heteroatoms. The van der Waals surface area contributed by atoms with Gasteiger partial charge in [0.25, 0.3) is 0 Å². The minimum atomic E-state index is -0.368. The van der Waals surface area contributed by atoms with Crippen molar-refractivity contribution in [1.29, 1.82) is 0 Å². The van der Waals surface area contributed by atoms with Crippen molar-refractivity contribution in [3.05, 3.63) is 15.8 Å². The normalized spacial score (nSPS) is 39.7. The summed E-state index contributed by atoms with van der Waals surface area (Å²) in [6, 6.07) is 0. The van der Waals surface area contributed by atoms with Gasteiger partial charge in [-0.15, -0.1) is 0 Å². The van der Waals surface area contributed by atoms with E-state index in [2.05, 4.69) is 10.2 Å². The molecule has 3 N–H and O–H groups in total. The van der Waals surface area contributed by atoms with Crippen LogP contribution in [0.3, 0.4) is 0 Å². The van der Waals surface area contributed by atoms with E-state index in [1.54, 1.807) is 0 Å². The summed E-state index contributed by atoms with van der Waals surface area (Å²) in [5.41, 5.74) is 6.36. The van der Waals surface area contributed by atoms with E-state index >= 15 is 0 Å². The molecule has 0 radical (unpaired) electrons. The van der Waals surface area contributed by atoms with Gasteiger partial charge >= 0.3 is 5.69 Å². The standard InChI is InChI=1S/C13H18N4O2/c14-12-10(17(18)19)11(15-16-12)13-4-7-1-8(5-13)3-9(2-7)6-13/h7-9H,1-6H2,(H3,14,15,16). The van der Waals surface area contributed by atoms with E-state index in [1.807, 2.05) is 0 Å². The Balaban J connectivity index is 1.82. The molecule has 19 heavy (non-hydrogen) atoms. The van der Waals surface area contributed by atoms with Crippen molar-refractivity contribution in [3.8, 4) is 0 Å². The average Bonchev–Trinajstić information content (AvgIpc) is 2.70. The number of rotatable bonds is 2. The van der Waals surface area contributed by atoms with Gasteiger partial charge in [0.1, 0.15) is 5.69 Å². The molecule has 4 bridgehead atoms. The second-order valence-corrected chi connectivity index (χ2v) is 6.79. The molecule has 0 spiro atoms. The number of nitro groups is 1. The van der Waals surface area contributed by atoms with Crippen LogP contribution in [0.15, 0.2) is 0 Å². The first-order valence-electron chi connectivity index (χ1n) is 7.06. The molecule has 4 aliphatic carbocycles. The highest BCUT2D eigenvalue weighted by molar-refractivity contribution is 5.58. The molecule has 0 amide bonds. The third-order valence-corrected chi connectivity index (χ3v) is 5.52. The molecule has 4 saturated carbocycles. The van der Waals surface area contributed by atoms with Crippen LogP contribution in [-0.4, -0.2) is 15.1 Å². The van der Waals surface area contributed by atoms with E-state index < -0.39 is 0 Å². The molecule has 6 nitrogen and oxygen atoms in total. The van der Waals surface area contributed by atoms with Crippen LogP contribution in [0.4, 0.5) is 11.5 Å². The first-order chi connectivity index (χ1) is 9.07. The monoisotopic (exact) mass is 262 g/mol. The summed E-state index contributed by atoms with van der Waals surface area (Å²) < 4.78 is 0. The minimum absolute atomic E-state index is 0.0296. The Bertz CT molecular complexity index is 516. The Morgan fingerprint density at radius 2 is 1.74 bits per heavy atom. The van der Waals surface area contributed by atoms with Gasteiger partial charge in [-0.05, 0) is 56.3 Å². The SMILES string of the molecule is Nc1n[nH]c(C23CC4CC(CC(C4)C2)C3)c1[N+](=O)[O-]. The quantitative estimate of drug-likeness (QED) is 0.631. The summed E-state index contributed by atoms with van der Waals surface area (Å²) in [5, 5.41) is 18.1. The van der Waals surface area contributed by atoms with Crippen molar-refractivity contribution in [2.75, 3.05) is 5.73 Å². The van der Waals surface area contributed by atoms with E-state index in [1.165, 1.54) is 19.3 Å². The first-order valence-corrected chi connectivity index (χ1v) is 7.06. The van der Waals surface area contributed by atoms with E-state index in [9.17, 15) is 10.1 Å². The van der Waals surface area contributed by atoms with Gasteiger partial charge in [0, 0.05) is 5.41 Å². The minimum Gasteiger partial charge on any atom is -0.376 e. The number of nitrogens with zero attached hydrogens (tertiary/aromatic N) is 2. The lowest BCUT2D eigenvalue weighted by Gasteiger charge is -2.56. The Labute approximate surface area is 110 Å². The Kier molecular flexibility index (Phi) is 2.07. The summed E-state index contributed by atoms with van der Waals surface area (Å²) in [4.78, 5) is 10.9. The predicted molar refractivity (Wildman–Crippen MR) is 69.5 cm³/mol. The zero-order valence-corrected chi connectivity index (χ0v) is 10.8. The molecule has 102 valence electrons. The van der Waals surface area contributed by atoms with E-state index in [4.69, 9.17) is 5.73 Å². The summed E-state index contributed by atoms with van der Waals surface area (Å²) in [6.45, 7) is 0. The molecule has 1 heterocycles. The average molecular weight is 262 g/mol. The van der Waals surface area contributed by atoms with E-state index in [0.717, 1.165) is 37.0 Å². The maximum absolute atomic E-state index is 11.3. The van der Waals surface area contributed by atoms with Crippen LogP contribution >= 0.6 is 0 Å². The van der Waals surface area contributed by atoms with Crippen molar-refractivity contribution in [1.82, 2.24) is 10.2 Å². The smallest absolute Gasteiger partial charge is 0.334 e. The topological polar surface area (TPSA) is 97.8 Å². The Morgan fingerprint density at radius 3 is 2.21 bits per heavy atom. The second kappa shape index (κ2) is 3.49. The van der Waals surface area contributed by atoms with Crippen molar-refractivity contribution < 1.29 is 4.92 Å². The molecular formula is C13H18N4O2. The maximum Gasteiger partial charge on any atom is 0.334 e. The van der Waals surface area contributed by atoms with Gasteiger partial charge in [-0.3, -0.25) is 15.2 Å². The molecule has 4 aliphatic rings. The lowest BCUT2D eigenvalue weighted by molar-refractivity contribution is -0.385. The zero-order valence-electron chi connectivity index (χ0n) is 10.8. The Hall–Kier alpha value is -1.59. The Morgan fingerprint density at radius 1 is 1.21 bits per heavy atom. The molecule has 5 rings (SSSR count). The van der Waals surface area contributed by atoms with Crippen molar-refractivity contribution in [3.63, 3.8) is 0 Å². The highest BCUT2D eigenvalue weighted by Crippen LogP contribution is 2.61. The third kappa shape index (κ3) is 1.45. The van der Waals surface area contributed by atoms with E-state index in [-0.39, 0.29) is 21.8 Å². The van der Waals surface area contributed by atoms with Crippen LogP contribution in [-0.2, 0) is 5.41 Å². The van der Waals surface area contributed by atoms with Crippen molar-refractivity contribution in [2.24, 2.45) is 17.8 Å². The molecule has 0 unspecified atom stereocenters. The number of anilines is 1. The summed E-state index contributed by atoms with van der Waals surface area (Å²) in [6.07, 6.45) is 7.16. The van der Waals surface area contributed by atoms with Crippen LogP contribution in [0.2, 0.25) is 0 Å². The van der Waals surface area contributed by atoms with Crippen LogP contribution < -0.4 is 5.73 Å². The zero-order chi connectivity index (χ0) is 13.2. The van der Waals surface area contributed by atoms with Gasteiger partial charge < -0.3 is 5.73 Å². The molecule has 1 aromatic rings. The van der Waals surface area contributed by atoms with Gasteiger partial charge in [-0.2, -0.15) is 5.10 Å². The fourth-order valence-corrected chi connectivity index (χ4v) is 5.32. The van der Waals surface area contributed by atoms with Crippen molar-refractivity contribution >= 4 is 11.5 Å². The molecule has 4 fully saturated rings. The third-order valence-electron chi connectivity index (χ3n) is 5.52. The summed E-state index contributed by atoms with van der Waals surface area (Å²) in [7, 11) is 0. The number of nitrogens with two attached hydrogens (primary N) is 1. The lowest BCUT2D eigenvalue weighted by atomic mass is 9.48. The summed E-state index contributed by atoms with van der Waals surface area (Å²) in [5.74, 6) is 2.27. The number of nitrogen functional groups attached to an aromatic ring is 1. The molecule has 0 saturated heterocycles. The fourth-order valence-electron chi connectivity index (χ4n) is 5.32. The first kappa shape index (κ1) is 11.3. The maximum atomic E-state index is 11.3. The number of aromatic amines is 1. The number of hydrogen-bond donors (Lipinski definition) is 2. The highest BCUT2D eigenvalue weighted by atomic mass is 16.6. The van der Waals surface area contributed by atoms with Gasteiger partial charge in [0.2, 0.25) is 5.82 Å². The largest absolute Gasteiger partial charge is 0.376 e. The number of nitrogens with one attached hydrogen (secondary N) is 1. The van der Waals surface area contributed by atoms with Crippen molar-refractivity contribution in [2.45, 2.75) is 43.9 Å². The second-order valence-electron chi connectivity index (χ2n) is 6.79. The fraction of sp³-hybridized carbons (Fsp3) is 0.769. The number of aromatic nitrogens is 2. The molecule has 1 aromatic heterocycles. The summed E-state index contributed by atoms with van der Waals surface area (Å²) >= 11 is 0. The van der Waals surface area contributed by atoms with Crippen LogP contribution in [0.5, 0.6) is 0 Å². The van der Waals surface area contributed by atoms with Gasteiger partial charge in [0.05, 0.1) is 4.92 Å². The van der Waals surface area contributed by atoms with Gasteiger partial charge in [-0.25, -0.2) is 0 Å². The lowest BCUT2D eigenvalue weighted by Crippen LogP contribution is -2.49. The molecule has 0 atom stereocenters. The van der Waals surface area contributed by atoms with Crippen LogP contribution in [0, 0.1) is 27.9 Å². The molecular weight excluding hydrogens is 244 g/mol. The molecule has 0 aliphatic heterocycles. The number of hydrogen-bond acceptors (Lipinski definition) is 4. The highest BCUT2D eigenvalue weighted by Gasteiger charge is 2.54. The van der Waals surface area contributed by atoms with Gasteiger partial charge in [0.15, 0.2) is 0 Å². The molecule has 0 aromatic carbocycles. The van der Waals surface area contributed by atoms with Gasteiger partial charge in [-0.1, -0.05) is 0 Å². The van der Waals surface area contributed by atoms with Crippen LogP contribution in [0.25, 0.3) is 0 Å². The number of H-pyrrole nitrogens is 1. The van der Waals surface area contributed by atoms with E-state index in [0.29, 0.717) is 5.69 Å². The predicted octanol–water partition coefficient (Wildman–Crippen LogP) is 2.37. The van der Waals surface area contributed by atoms with Crippen LogP contribution in [0.1, 0.15) is 44.2 Å².